The van der Waals surface area contributed by atoms with Gasteiger partial charge in [0, 0.05) is 0 Å². The standard InChI is InChI=1S/C18H14N2O4S/c19-16(21)11-24-14-8-6-12(7-9-14)10-15-17(22)20(18(23)25-15)13-4-2-1-3-5-13/h1-10H,11H2,(H2,19,21). The van der Waals surface area contributed by atoms with Gasteiger partial charge in [0.1, 0.15) is 5.75 Å². The number of imide groups is 1. The molecule has 0 atom stereocenters. The summed E-state index contributed by atoms with van der Waals surface area (Å²) in [6.45, 7) is -0.199. The Morgan fingerprint density at radius 1 is 1.08 bits per heavy atom. The molecular formula is C18H14N2O4S. The number of benzene rings is 2. The summed E-state index contributed by atoms with van der Waals surface area (Å²) < 4.78 is 5.18. The van der Waals surface area contributed by atoms with E-state index in [4.69, 9.17) is 10.5 Å². The van der Waals surface area contributed by atoms with Gasteiger partial charge in [-0.25, -0.2) is 4.90 Å². The van der Waals surface area contributed by atoms with E-state index in [-0.39, 0.29) is 17.8 Å². The van der Waals surface area contributed by atoms with Crippen LogP contribution in [0.4, 0.5) is 10.5 Å². The van der Waals surface area contributed by atoms with Crippen molar-refractivity contribution < 1.29 is 19.1 Å². The van der Waals surface area contributed by atoms with E-state index in [1.807, 2.05) is 6.07 Å². The molecule has 0 saturated carbocycles. The lowest BCUT2D eigenvalue weighted by Crippen LogP contribution is -2.27. The first-order valence-corrected chi connectivity index (χ1v) is 8.20. The van der Waals surface area contributed by atoms with Crippen LogP contribution in [-0.4, -0.2) is 23.7 Å². The van der Waals surface area contributed by atoms with Crippen LogP contribution < -0.4 is 15.4 Å². The maximum absolute atomic E-state index is 12.5. The number of hydrogen-bond acceptors (Lipinski definition) is 5. The zero-order valence-electron chi connectivity index (χ0n) is 13.0. The molecule has 0 radical (unpaired) electrons. The number of thioether (sulfide) groups is 1. The van der Waals surface area contributed by atoms with Crippen LogP contribution in [0.2, 0.25) is 0 Å². The zero-order chi connectivity index (χ0) is 17.8. The van der Waals surface area contributed by atoms with E-state index in [0.717, 1.165) is 22.2 Å². The predicted molar refractivity (Wildman–Crippen MR) is 96.0 cm³/mol. The van der Waals surface area contributed by atoms with E-state index in [1.54, 1.807) is 54.6 Å². The lowest BCUT2D eigenvalue weighted by Gasteiger charge is -2.11. The van der Waals surface area contributed by atoms with Crippen molar-refractivity contribution in [2.45, 2.75) is 0 Å². The van der Waals surface area contributed by atoms with Crippen molar-refractivity contribution in [3.63, 3.8) is 0 Å². The lowest BCUT2D eigenvalue weighted by atomic mass is 10.2. The molecule has 0 aliphatic carbocycles. The molecule has 1 aliphatic rings. The monoisotopic (exact) mass is 354 g/mol. The molecule has 6 nitrogen and oxygen atoms in total. The molecular weight excluding hydrogens is 340 g/mol. The molecule has 2 aromatic rings. The number of primary amides is 1. The molecule has 2 aromatic carbocycles. The summed E-state index contributed by atoms with van der Waals surface area (Å²) >= 11 is 0.896. The Hall–Kier alpha value is -3.06. The Labute approximate surface area is 148 Å². The second kappa shape index (κ2) is 7.23. The van der Waals surface area contributed by atoms with Gasteiger partial charge in [0.05, 0.1) is 10.6 Å². The van der Waals surface area contributed by atoms with Gasteiger partial charge >= 0.3 is 0 Å². The summed E-state index contributed by atoms with van der Waals surface area (Å²) in [5.74, 6) is -0.415. The highest BCUT2D eigenvalue weighted by atomic mass is 32.2. The minimum absolute atomic E-state index is 0.199. The molecule has 2 N–H and O–H groups in total. The molecule has 1 saturated heterocycles. The number of anilines is 1. The Bertz CT molecular complexity index is 847. The van der Waals surface area contributed by atoms with Crippen molar-refractivity contribution in [2.24, 2.45) is 5.73 Å². The largest absolute Gasteiger partial charge is 0.484 e. The maximum Gasteiger partial charge on any atom is 0.298 e. The van der Waals surface area contributed by atoms with Crippen molar-refractivity contribution in [1.29, 1.82) is 0 Å². The van der Waals surface area contributed by atoms with E-state index in [0.29, 0.717) is 16.3 Å². The van der Waals surface area contributed by atoms with E-state index >= 15 is 0 Å². The Morgan fingerprint density at radius 2 is 1.76 bits per heavy atom. The first kappa shape index (κ1) is 16.8. The number of carbonyl (C=O) groups excluding carboxylic acids is 3. The number of ether oxygens (including phenoxy) is 1. The first-order valence-electron chi connectivity index (χ1n) is 7.39. The Kier molecular flexibility index (Phi) is 4.85. The molecule has 0 aromatic heterocycles. The highest BCUT2D eigenvalue weighted by Gasteiger charge is 2.36. The number of carbonyl (C=O) groups is 3. The van der Waals surface area contributed by atoms with Crippen LogP contribution in [-0.2, 0) is 9.59 Å². The molecule has 1 heterocycles. The fourth-order valence-electron chi connectivity index (χ4n) is 2.23. The van der Waals surface area contributed by atoms with Crippen LogP contribution in [0.25, 0.3) is 6.08 Å². The van der Waals surface area contributed by atoms with Crippen molar-refractivity contribution in [1.82, 2.24) is 0 Å². The quantitative estimate of drug-likeness (QED) is 0.834. The van der Waals surface area contributed by atoms with E-state index in [9.17, 15) is 14.4 Å². The summed E-state index contributed by atoms with van der Waals surface area (Å²) in [6.07, 6.45) is 1.64. The lowest BCUT2D eigenvalue weighted by molar-refractivity contribution is -0.120. The zero-order valence-corrected chi connectivity index (χ0v) is 13.9. The molecule has 25 heavy (non-hydrogen) atoms. The van der Waals surface area contributed by atoms with Gasteiger partial charge in [-0.3, -0.25) is 14.4 Å². The number of hydrogen-bond donors (Lipinski definition) is 1. The van der Waals surface area contributed by atoms with Gasteiger partial charge in [-0.2, -0.15) is 0 Å². The summed E-state index contributed by atoms with van der Waals surface area (Å²) in [5.41, 5.74) is 6.30. The van der Waals surface area contributed by atoms with Crippen molar-refractivity contribution in [3.8, 4) is 5.75 Å². The van der Waals surface area contributed by atoms with Gasteiger partial charge in [-0.1, -0.05) is 30.3 Å². The van der Waals surface area contributed by atoms with Crippen LogP contribution in [0.15, 0.2) is 59.5 Å². The molecule has 1 aliphatic heterocycles. The topological polar surface area (TPSA) is 89.7 Å². The molecule has 1 fully saturated rings. The predicted octanol–water partition coefficient (Wildman–Crippen LogP) is 2.79. The second-order valence-electron chi connectivity index (χ2n) is 5.18. The molecule has 7 heteroatoms. The molecule has 0 bridgehead atoms. The van der Waals surface area contributed by atoms with Crippen LogP contribution in [0.1, 0.15) is 5.56 Å². The Morgan fingerprint density at radius 3 is 2.40 bits per heavy atom. The summed E-state index contributed by atoms with van der Waals surface area (Å²) in [4.78, 5) is 36.9. The van der Waals surface area contributed by atoms with Crippen molar-refractivity contribution >= 4 is 40.6 Å². The van der Waals surface area contributed by atoms with Crippen molar-refractivity contribution in [2.75, 3.05) is 11.5 Å². The van der Waals surface area contributed by atoms with Gasteiger partial charge in [0.2, 0.25) is 0 Å². The fraction of sp³-hybridized carbons (Fsp3) is 0.0556. The minimum atomic E-state index is -0.557. The normalized spacial score (nSPS) is 15.7. The molecule has 0 spiro atoms. The summed E-state index contributed by atoms with van der Waals surface area (Å²) in [5, 5.41) is -0.330. The average Bonchev–Trinajstić information content (AvgIpc) is 2.88. The van der Waals surface area contributed by atoms with E-state index in [1.165, 1.54) is 0 Å². The number of nitrogens with zero attached hydrogens (tertiary/aromatic N) is 1. The van der Waals surface area contributed by atoms with Gasteiger partial charge in [0.15, 0.2) is 6.61 Å². The van der Waals surface area contributed by atoms with Crippen LogP contribution >= 0.6 is 11.8 Å². The highest BCUT2D eigenvalue weighted by molar-refractivity contribution is 8.19. The third kappa shape index (κ3) is 3.89. The second-order valence-corrected chi connectivity index (χ2v) is 6.17. The van der Waals surface area contributed by atoms with E-state index < -0.39 is 5.91 Å². The third-order valence-corrected chi connectivity index (χ3v) is 4.24. The Balaban J connectivity index is 1.77. The molecule has 3 amide bonds. The SMILES string of the molecule is NC(=O)COc1ccc(C=C2SC(=O)N(c3ccccc3)C2=O)cc1. The van der Waals surface area contributed by atoms with Crippen LogP contribution in [0, 0.1) is 0 Å². The number of nitrogens with two attached hydrogens (primary N) is 1. The molecule has 126 valence electrons. The number of para-hydroxylation sites is 1. The highest BCUT2D eigenvalue weighted by Crippen LogP contribution is 2.35. The van der Waals surface area contributed by atoms with Gasteiger partial charge in [-0.05, 0) is 47.7 Å². The van der Waals surface area contributed by atoms with Gasteiger partial charge in [0.25, 0.3) is 17.1 Å². The number of rotatable bonds is 5. The third-order valence-electron chi connectivity index (χ3n) is 3.37. The fourth-order valence-corrected chi connectivity index (χ4v) is 3.07. The minimum Gasteiger partial charge on any atom is -0.484 e. The van der Waals surface area contributed by atoms with Crippen LogP contribution in [0.3, 0.4) is 0 Å². The maximum atomic E-state index is 12.5. The van der Waals surface area contributed by atoms with Crippen molar-refractivity contribution in [3.05, 3.63) is 65.1 Å². The first-order chi connectivity index (χ1) is 12.0. The summed E-state index contributed by atoms with van der Waals surface area (Å²) in [7, 11) is 0. The van der Waals surface area contributed by atoms with Crippen LogP contribution in [0.5, 0.6) is 5.75 Å². The summed E-state index contributed by atoms with van der Waals surface area (Å²) in [6, 6.07) is 15.6. The van der Waals surface area contributed by atoms with Gasteiger partial charge < -0.3 is 10.5 Å². The van der Waals surface area contributed by atoms with E-state index in [2.05, 4.69) is 0 Å². The molecule has 3 rings (SSSR count). The number of amides is 3. The van der Waals surface area contributed by atoms with Gasteiger partial charge in [-0.15, -0.1) is 0 Å². The smallest absolute Gasteiger partial charge is 0.298 e. The average molecular weight is 354 g/mol. The molecule has 0 unspecified atom stereocenters.